The summed E-state index contributed by atoms with van der Waals surface area (Å²) in [5, 5.41) is 8.92. The lowest BCUT2D eigenvalue weighted by Crippen LogP contribution is -2.21. The van der Waals surface area contributed by atoms with Crippen molar-refractivity contribution in [1.29, 1.82) is 5.26 Å². The average Bonchev–Trinajstić information content (AvgIpc) is 2.62. The first kappa shape index (κ1) is 20.1. The third kappa shape index (κ3) is 3.80. The molecule has 0 saturated carbocycles. The van der Waals surface area contributed by atoms with Gasteiger partial charge in [-0.25, -0.2) is 23.4 Å². The number of H-pyrrole nitrogens is 1. The molecule has 142 valence electrons. The summed E-state index contributed by atoms with van der Waals surface area (Å²) in [6.45, 7) is 0. The molecule has 0 amide bonds. The number of nitrogens with zero attached hydrogens (tertiary/aromatic N) is 4. The number of hydrogen-bond acceptors (Lipinski definition) is 8. The fourth-order valence-corrected chi connectivity index (χ4v) is 3.40. The van der Waals surface area contributed by atoms with Crippen molar-refractivity contribution >= 4 is 54.1 Å². The third-order valence-corrected chi connectivity index (χ3v) is 5.27. The van der Waals surface area contributed by atoms with Crippen LogP contribution in [-0.4, -0.2) is 40.4 Å². The van der Waals surface area contributed by atoms with Crippen molar-refractivity contribution in [3.63, 3.8) is 0 Å². The number of ketones is 1. The van der Waals surface area contributed by atoms with Crippen LogP contribution in [-0.2, 0) is 9.84 Å². The molecule has 3 aromatic rings. The second-order valence-corrected chi connectivity index (χ2v) is 8.89. The molecule has 1 aromatic carbocycles. The molecule has 2 aromatic heterocycles. The van der Waals surface area contributed by atoms with Crippen LogP contribution in [0.2, 0.25) is 5.02 Å². The Morgan fingerprint density at radius 1 is 1.36 bits per heavy atom. The predicted octanol–water partition coefficient (Wildman–Crippen LogP) is 2.02. The molecule has 1 unspecified atom stereocenters. The highest BCUT2D eigenvalue weighted by Gasteiger charge is 2.29. The van der Waals surface area contributed by atoms with E-state index in [0.717, 1.165) is 12.5 Å². The maximum Gasteiger partial charge on any atom is 0.258 e. The predicted molar refractivity (Wildman–Crippen MR) is 103 cm³/mol. The highest BCUT2D eigenvalue weighted by atomic mass is 79.9. The number of nitriles is 1. The number of carbonyl (C=O) groups excluding carboxylic acids is 1. The van der Waals surface area contributed by atoms with Crippen LogP contribution >= 0.6 is 27.5 Å². The summed E-state index contributed by atoms with van der Waals surface area (Å²) in [6, 6.07) is 6.50. The van der Waals surface area contributed by atoms with Crippen LogP contribution in [0.25, 0.3) is 10.9 Å². The normalized spacial score (nSPS) is 12.5. The zero-order chi connectivity index (χ0) is 20.6. The number of fused-ring (bicyclic) bond motifs is 1. The summed E-state index contributed by atoms with van der Waals surface area (Å²) in [5.41, 5.74) is -0.720. The van der Waals surface area contributed by atoms with Gasteiger partial charge in [0.1, 0.15) is 11.5 Å². The molecule has 3 rings (SSSR count). The third-order valence-electron chi connectivity index (χ3n) is 3.64. The standard InChI is InChI=1S/C16H9BrClN5O4S/c1-28(26,27)16-20-6-10(18)12(22-16)13(24)9(5-19)14-21-11-3-2-7(17)4-8(11)15(25)23-14/h2-4,6,9H,1H3,(H,21,23,25). The van der Waals surface area contributed by atoms with Crippen LogP contribution in [0.4, 0.5) is 0 Å². The molecule has 0 radical (unpaired) electrons. The van der Waals surface area contributed by atoms with Crippen LogP contribution in [0.5, 0.6) is 0 Å². The van der Waals surface area contributed by atoms with Crippen molar-refractivity contribution in [3.05, 3.63) is 55.8 Å². The number of rotatable bonds is 4. The van der Waals surface area contributed by atoms with E-state index < -0.39 is 37.9 Å². The zero-order valence-corrected chi connectivity index (χ0v) is 17.1. The minimum absolute atomic E-state index is 0.206. The molecular weight excluding hydrogens is 474 g/mol. The average molecular weight is 483 g/mol. The molecule has 12 heteroatoms. The summed E-state index contributed by atoms with van der Waals surface area (Å²) >= 11 is 9.17. The maximum atomic E-state index is 12.8. The van der Waals surface area contributed by atoms with Gasteiger partial charge in [0.15, 0.2) is 5.92 Å². The molecule has 0 spiro atoms. The second kappa shape index (κ2) is 7.38. The monoisotopic (exact) mass is 481 g/mol. The van der Waals surface area contributed by atoms with Gasteiger partial charge in [-0.3, -0.25) is 9.59 Å². The number of sulfone groups is 1. The Morgan fingerprint density at radius 3 is 2.71 bits per heavy atom. The van der Waals surface area contributed by atoms with Crippen LogP contribution in [0.1, 0.15) is 22.2 Å². The summed E-state index contributed by atoms with van der Waals surface area (Å²) in [7, 11) is -3.81. The van der Waals surface area contributed by atoms with E-state index in [4.69, 9.17) is 11.6 Å². The molecule has 1 N–H and O–H groups in total. The largest absolute Gasteiger partial charge is 0.308 e. The van der Waals surface area contributed by atoms with E-state index >= 15 is 0 Å². The maximum absolute atomic E-state index is 12.8. The Morgan fingerprint density at radius 2 is 2.07 bits per heavy atom. The molecule has 0 fully saturated rings. The summed E-state index contributed by atoms with van der Waals surface area (Å²) in [6.07, 6.45) is 1.83. The first-order chi connectivity index (χ1) is 13.1. The molecule has 0 aliphatic heterocycles. The number of Topliss-reactive ketones (excluding diaryl/α,β-unsaturated/α-hetero) is 1. The summed E-state index contributed by atoms with van der Waals surface area (Å²) in [5.74, 6) is -2.68. The van der Waals surface area contributed by atoms with Gasteiger partial charge in [-0.1, -0.05) is 27.5 Å². The Hall–Kier alpha value is -2.68. The van der Waals surface area contributed by atoms with Gasteiger partial charge >= 0.3 is 0 Å². The number of hydrogen-bond donors (Lipinski definition) is 1. The summed E-state index contributed by atoms with van der Waals surface area (Å²) < 4.78 is 23.9. The van der Waals surface area contributed by atoms with Gasteiger partial charge in [-0.05, 0) is 18.2 Å². The minimum atomic E-state index is -3.81. The Labute approximate surface area is 171 Å². The van der Waals surface area contributed by atoms with Gasteiger partial charge in [0.05, 0.1) is 28.2 Å². The van der Waals surface area contributed by atoms with E-state index in [1.165, 1.54) is 0 Å². The van der Waals surface area contributed by atoms with E-state index in [0.29, 0.717) is 4.47 Å². The lowest BCUT2D eigenvalue weighted by molar-refractivity contribution is 0.0970. The van der Waals surface area contributed by atoms with Crippen LogP contribution in [0.15, 0.2) is 38.8 Å². The number of aromatic amines is 1. The van der Waals surface area contributed by atoms with E-state index in [9.17, 15) is 23.3 Å². The van der Waals surface area contributed by atoms with Crippen LogP contribution < -0.4 is 5.56 Å². The van der Waals surface area contributed by atoms with Gasteiger partial charge < -0.3 is 4.98 Å². The molecule has 1 atom stereocenters. The van der Waals surface area contributed by atoms with Gasteiger partial charge in [0.25, 0.3) is 5.56 Å². The van der Waals surface area contributed by atoms with Crippen LogP contribution in [0.3, 0.4) is 0 Å². The molecule has 0 aliphatic carbocycles. The van der Waals surface area contributed by atoms with E-state index in [1.807, 2.05) is 0 Å². The summed E-state index contributed by atoms with van der Waals surface area (Å²) in [4.78, 5) is 39.0. The van der Waals surface area contributed by atoms with Crippen molar-refractivity contribution in [2.24, 2.45) is 0 Å². The van der Waals surface area contributed by atoms with Crippen LogP contribution in [0, 0.1) is 11.3 Å². The quantitative estimate of drug-likeness (QED) is 0.439. The molecule has 2 heterocycles. The number of aromatic nitrogens is 4. The number of carbonyl (C=O) groups is 1. The molecule has 28 heavy (non-hydrogen) atoms. The number of nitrogens with one attached hydrogen (secondary N) is 1. The van der Waals surface area contributed by atoms with Crippen molar-refractivity contribution in [3.8, 4) is 6.07 Å². The topological polar surface area (TPSA) is 147 Å². The minimum Gasteiger partial charge on any atom is -0.308 e. The van der Waals surface area contributed by atoms with E-state index in [1.54, 1.807) is 24.3 Å². The molecule has 0 saturated heterocycles. The fourth-order valence-electron chi connectivity index (χ4n) is 2.35. The van der Waals surface area contributed by atoms with Crippen molar-refractivity contribution in [1.82, 2.24) is 19.9 Å². The van der Waals surface area contributed by atoms with Gasteiger partial charge in [-0.2, -0.15) is 5.26 Å². The smallest absolute Gasteiger partial charge is 0.258 e. The van der Waals surface area contributed by atoms with Crippen molar-refractivity contribution in [2.75, 3.05) is 6.26 Å². The van der Waals surface area contributed by atoms with Gasteiger partial charge in [0.2, 0.25) is 20.8 Å². The Balaban J connectivity index is 2.14. The first-order valence-corrected chi connectivity index (χ1v) is 10.5. The highest BCUT2D eigenvalue weighted by Crippen LogP contribution is 2.23. The van der Waals surface area contributed by atoms with E-state index in [-0.39, 0.29) is 21.7 Å². The lowest BCUT2D eigenvalue weighted by atomic mass is 10.0. The first-order valence-electron chi connectivity index (χ1n) is 7.47. The zero-order valence-electron chi connectivity index (χ0n) is 14.0. The van der Waals surface area contributed by atoms with Crippen molar-refractivity contribution in [2.45, 2.75) is 11.1 Å². The fraction of sp³-hybridized carbons (Fsp3) is 0.125. The Bertz CT molecular complexity index is 1330. The highest BCUT2D eigenvalue weighted by molar-refractivity contribution is 9.10. The lowest BCUT2D eigenvalue weighted by Gasteiger charge is -2.10. The second-order valence-electron chi connectivity index (χ2n) is 5.66. The molecule has 9 nitrogen and oxygen atoms in total. The number of benzene rings is 1. The molecular formula is C16H9BrClN5O4S. The number of halogens is 2. The van der Waals surface area contributed by atoms with E-state index in [2.05, 4.69) is 35.9 Å². The molecule has 0 bridgehead atoms. The SMILES string of the molecule is CS(=O)(=O)c1ncc(Cl)c(C(=O)C(C#N)c2nc3ccc(Br)cc3c(=O)[nH]2)n1. The Kier molecular flexibility index (Phi) is 5.29. The van der Waals surface area contributed by atoms with Crippen molar-refractivity contribution < 1.29 is 13.2 Å². The van der Waals surface area contributed by atoms with Gasteiger partial charge in [0, 0.05) is 10.7 Å². The molecule has 0 aliphatic rings. The van der Waals surface area contributed by atoms with Gasteiger partial charge in [-0.15, -0.1) is 0 Å².